The molecule has 0 atom stereocenters. The lowest BCUT2D eigenvalue weighted by Gasteiger charge is -2.35. The fourth-order valence-corrected chi connectivity index (χ4v) is 5.13. The number of fused-ring (bicyclic) bond motifs is 3. The number of rotatable bonds is 6. The normalized spacial score (nSPS) is 13.5. The van der Waals surface area contributed by atoms with E-state index in [0.29, 0.717) is 30.2 Å². The van der Waals surface area contributed by atoms with Crippen LogP contribution in [0.25, 0.3) is 21.8 Å². The lowest BCUT2D eigenvalue weighted by molar-refractivity contribution is -0.159. The van der Waals surface area contributed by atoms with Gasteiger partial charge in [0.05, 0.1) is 14.2 Å². The van der Waals surface area contributed by atoms with E-state index in [9.17, 15) is 4.79 Å². The van der Waals surface area contributed by atoms with Crippen molar-refractivity contribution in [1.29, 1.82) is 0 Å². The molecule has 1 aromatic heterocycles. The molecule has 0 radical (unpaired) electrons. The fraction of sp³-hybridized carbons (Fsp3) is 0.300. The van der Waals surface area contributed by atoms with Crippen molar-refractivity contribution in [2.24, 2.45) is 0 Å². The average Bonchev–Trinajstić information content (AvgIpc) is 3.29. The zero-order valence-corrected chi connectivity index (χ0v) is 22.8. The molecule has 1 fully saturated rings. The number of ether oxygens (including phenoxy) is 2. The molecule has 0 unspecified atom stereocenters. The molecule has 5 rings (SSSR count). The predicted octanol–water partition coefficient (Wildman–Crippen LogP) is 3.95. The lowest BCUT2D eigenvalue weighted by Crippen LogP contribution is -2.48. The first-order valence-electron chi connectivity index (χ1n) is 13.0. The van der Waals surface area contributed by atoms with Crippen LogP contribution in [-0.4, -0.2) is 82.8 Å². The predicted molar refractivity (Wildman–Crippen MR) is 151 cm³/mol. The number of benzene rings is 3. The highest BCUT2D eigenvalue weighted by molar-refractivity contribution is 6.27. The van der Waals surface area contributed by atoms with Crippen LogP contribution >= 0.6 is 0 Å². The molecule has 4 aromatic rings. The molecule has 40 heavy (non-hydrogen) atoms. The third-order valence-corrected chi connectivity index (χ3v) is 7.04. The molecule has 2 N–H and O–H groups in total. The smallest absolute Gasteiger partial charge is 0.414 e. The van der Waals surface area contributed by atoms with Crippen LogP contribution in [0.4, 0.5) is 0 Å². The molecule has 1 aliphatic rings. The number of carbonyl (C=O) groups is 3. The van der Waals surface area contributed by atoms with E-state index in [-0.39, 0.29) is 5.91 Å². The van der Waals surface area contributed by atoms with Crippen LogP contribution < -0.4 is 9.47 Å². The maximum absolute atomic E-state index is 13.3. The van der Waals surface area contributed by atoms with Crippen LogP contribution in [0.1, 0.15) is 22.8 Å². The number of piperazine rings is 1. The van der Waals surface area contributed by atoms with E-state index in [1.807, 2.05) is 11.0 Å². The SMILES string of the molecule is CCn1c2ccccc2c2cc(CN3CCN(C(=O)c4c(OC)cccc4OC)CC3)ccc21.O=C(O)C(=O)O. The number of hydrogen-bond donors (Lipinski definition) is 2. The fourth-order valence-electron chi connectivity index (χ4n) is 5.13. The quantitative estimate of drug-likeness (QED) is 0.348. The third-order valence-electron chi connectivity index (χ3n) is 7.04. The Morgan fingerprint density at radius 1 is 0.775 bits per heavy atom. The number of carboxylic acid groups (broad SMARTS) is 2. The van der Waals surface area contributed by atoms with Crippen molar-refractivity contribution in [2.75, 3.05) is 40.4 Å². The number of aromatic nitrogens is 1. The second-order valence-corrected chi connectivity index (χ2v) is 9.33. The number of nitrogens with zero attached hydrogens (tertiary/aromatic N) is 3. The van der Waals surface area contributed by atoms with Crippen molar-refractivity contribution in [3.63, 3.8) is 0 Å². The number of carboxylic acids is 2. The van der Waals surface area contributed by atoms with Gasteiger partial charge < -0.3 is 29.2 Å². The van der Waals surface area contributed by atoms with Gasteiger partial charge in [-0.05, 0) is 42.8 Å². The number of amides is 1. The number of para-hydroxylation sites is 1. The van der Waals surface area contributed by atoms with Gasteiger partial charge in [0.25, 0.3) is 5.91 Å². The van der Waals surface area contributed by atoms with E-state index in [0.717, 1.165) is 26.2 Å². The van der Waals surface area contributed by atoms with Gasteiger partial charge in [0, 0.05) is 61.1 Å². The van der Waals surface area contributed by atoms with Gasteiger partial charge in [0.1, 0.15) is 17.1 Å². The molecule has 210 valence electrons. The van der Waals surface area contributed by atoms with Gasteiger partial charge in [-0.25, -0.2) is 9.59 Å². The molecular formula is C30H33N3O7. The zero-order valence-electron chi connectivity index (χ0n) is 22.8. The second-order valence-electron chi connectivity index (χ2n) is 9.33. The summed E-state index contributed by atoms with van der Waals surface area (Å²) in [6.45, 7) is 7.05. The van der Waals surface area contributed by atoms with Crippen molar-refractivity contribution in [3.8, 4) is 11.5 Å². The highest BCUT2D eigenvalue weighted by Crippen LogP contribution is 2.31. The monoisotopic (exact) mass is 547 g/mol. The molecule has 10 heteroatoms. The van der Waals surface area contributed by atoms with E-state index in [2.05, 4.69) is 58.9 Å². The zero-order chi connectivity index (χ0) is 28.8. The summed E-state index contributed by atoms with van der Waals surface area (Å²) in [6, 6.07) is 20.9. The summed E-state index contributed by atoms with van der Waals surface area (Å²) in [6.07, 6.45) is 0. The number of carbonyl (C=O) groups excluding carboxylic acids is 1. The van der Waals surface area contributed by atoms with Crippen molar-refractivity contribution in [3.05, 3.63) is 71.8 Å². The Balaban J connectivity index is 0.000000557. The molecule has 3 aromatic carbocycles. The number of methoxy groups -OCH3 is 2. The molecule has 10 nitrogen and oxygen atoms in total. The van der Waals surface area contributed by atoms with Crippen LogP contribution in [0.2, 0.25) is 0 Å². The molecule has 1 aliphatic heterocycles. The maximum atomic E-state index is 13.3. The van der Waals surface area contributed by atoms with Crippen LogP contribution in [0.3, 0.4) is 0 Å². The van der Waals surface area contributed by atoms with E-state index in [1.165, 1.54) is 27.4 Å². The lowest BCUT2D eigenvalue weighted by atomic mass is 10.1. The summed E-state index contributed by atoms with van der Waals surface area (Å²) < 4.78 is 13.3. The first kappa shape index (κ1) is 28.4. The Morgan fingerprint density at radius 3 is 1.95 bits per heavy atom. The molecule has 0 aliphatic carbocycles. The summed E-state index contributed by atoms with van der Waals surface area (Å²) in [7, 11) is 3.16. The van der Waals surface area contributed by atoms with Crippen molar-refractivity contribution in [2.45, 2.75) is 20.0 Å². The minimum atomic E-state index is -1.82. The average molecular weight is 548 g/mol. The van der Waals surface area contributed by atoms with E-state index >= 15 is 0 Å². The van der Waals surface area contributed by atoms with E-state index < -0.39 is 11.9 Å². The summed E-state index contributed by atoms with van der Waals surface area (Å²) >= 11 is 0. The minimum absolute atomic E-state index is 0.0391. The van der Waals surface area contributed by atoms with Gasteiger partial charge in [-0.15, -0.1) is 0 Å². The largest absolute Gasteiger partial charge is 0.496 e. The Kier molecular flexibility index (Phi) is 8.90. The topological polar surface area (TPSA) is 122 Å². The van der Waals surface area contributed by atoms with Gasteiger partial charge in [-0.1, -0.05) is 30.3 Å². The van der Waals surface area contributed by atoms with Crippen molar-refractivity contribution >= 4 is 39.7 Å². The molecule has 0 bridgehead atoms. The summed E-state index contributed by atoms with van der Waals surface area (Å²) in [5.41, 5.74) is 4.38. The Morgan fingerprint density at radius 2 is 1.38 bits per heavy atom. The molecule has 2 heterocycles. The van der Waals surface area contributed by atoms with Crippen LogP contribution in [0.5, 0.6) is 11.5 Å². The van der Waals surface area contributed by atoms with Gasteiger partial charge in [0.15, 0.2) is 0 Å². The van der Waals surface area contributed by atoms with Crippen molar-refractivity contribution < 1.29 is 34.1 Å². The van der Waals surface area contributed by atoms with Gasteiger partial charge in [-0.3, -0.25) is 9.69 Å². The second kappa shape index (κ2) is 12.5. The van der Waals surface area contributed by atoms with E-state index in [1.54, 1.807) is 26.4 Å². The first-order valence-corrected chi connectivity index (χ1v) is 13.0. The van der Waals surface area contributed by atoms with Crippen LogP contribution in [0.15, 0.2) is 60.7 Å². The van der Waals surface area contributed by atoms with Crippen molar-refractivity contribution in [1.82, 2.24) is 14.4 Å². The first-order chi connectivity index (χ1) is 19.3. The Bertz CT molecular complexity index is 1500. The van der Waals surface area contributed by atoms with Gasteiger partial charge in [0.2, 0.25) is 0 Å². The number of aryl methyl sites for hydroxylation is 1. The summed E-state index contributed by atoms with van der Waals surface area (Å²) in [4.78, 5) is 35.8. The molecule has 1 saturated heterocycles. The molecule has 1 amide bonds. The van der Waals surface area contributed by atoms with Crippen LogP contribution in [-0.2, 0) is 22.7 Å². The Labute approximate surface area is 231 Å². The standard InChI is InChI=1S/C28H31N3O3.C2H2O4/c1-4-31-23-9-6-5-8-21(23)22-18-20(12-13-24(22)31)19-29-14-16-30(17-15-29)28(32)27-25(33-2)10-7-11-26(27)34-3;3-1(4)2(5)6/h5-13,18H,4,14-17,19H2,1-3H3;(H,3,4)(H,5,6). The summed E-state index contributed by atoms with van der Waals surface area (Å²) in [5, 5.41) is 17.4. The minimum Gasteiger partial charge on any atom is -0.496 e. The maximum Gasteiger partial charge on any atom is 0.414 e. The third kappa shape index (κ3) is 5.86. The molecule has 0 spiro atoms. The van der Waals surface area contributed by atoms with E-state index in [4.69, 9.17) is 29.3 Å². The Hall–Kier alpha value is -4.57. The van der Waals surface area contributed by atoms with Crippen LogP contribution in [0, 0.1) is 0 Å². The molecule has 0 saturated carbocycles. The number of aliphatic carboxylic acids is 2. The molecular weight excluding hydrogens is 514 g/mol. The highest BCUT2D eigenvalue weighted by Gasteiger charge is 2.27. The van der Waals surface area contributed by atoms with Gasteiger partial charge in [-0.2, -0.15) is 0 Å². The summed E-state index contributed by atoms with van der Waals surface area (Å²) in [5.74, 6) is -2.59. The number of hydrogen-bond acceptors (Lipinski definition) is 6. The highest BCUT2D eigenvalue weighted by atomic mass is 16.5. The van der Waals surface area contributed by atoms with Gasteiger partial charge >= 0.3 is 11.9 Å².